The quantitative estimate of drug-likeness (QED) is 0.618. The molecule has 0 aliphatic carbocycles. The van der Waals surface area contributed by atoms with Gasteiger partial charge in [-0.15, -0.1) is 0 Å². The first kappa shape index (κ1) is 15.5. The first-order valence-corrected chi connectivity index (χ1v) is 8.38. The van der Waals surface area contributed by atoms with Crippen LogP contribution in [-0.4, -0.2) is 14.5 Å². The topological polar surface area (TPSA) is 56.7 Å². The fourth-order valence-corrected chi connectivity index (χ4v) is 3.23. The number of rotatable bonds is 4. The standard InChI is InChI=1S/C21H20N4/c1-25-20(17-9-10-19-16(13-17)8-5-11-23-19)14-24-21(25)18(22)12-15-6-3-2-4-7-15/h2-11,13-14,18H,12,22H2,1H3/t18-/m0/s1. The van der Waals surface area contributed by atoms with E-state index >= 15 is 0 Å². The Morgan fingerprint density at radius 2 is 1.84 bits per heavy atom. The van der Waals surface area contributed by atoms with E-state index in [1.165, 1.54) is 5.56 Å². The van der Waals surface area contributed by atoms with E-state index in [9.17, 15) is 0 Å². The molecular weight excluding hydrogens is 308 g/mol. The Morgan fingerprint density at radius 3 is 2.68 bits per heavy atom. The second-order valence-electron chi connectivity index (χ2n) is 6.27. The second kappa shape index (κ2) is 6.49. The van der Waals surface area contributed by atoms with Crippen LogP contribution in [0.15, 0.2) is 73.1 Å². The molecule has 0 spiro atoms. The Bertz CT molecular complexity index is 1000. The highest BCUT2D eigenvalue weighted by molar-refractivity contribution is 5.83. The molecule has 2 heterocycles. The summed E-state index contributed by atoms with van der Waals surface area (Å²) >= 11 is 0. The summed E-state index contributed by atoms with van der Waals surface area (Å²) in [6, 6.07) is 20.4. The van der Waals surface area contributed by atoms with E-state index in [0.29, 0.717) is 0 Å². The second-order valence-corrected chi connectivity index (χ2v) is 6.27. The van der Waals surface area contributed by atoms with Gasteiger partial charge >= 0.3 is 0 Å². The van der Waals surface area contributed by atoms with E-state index in [-0.39, 0.29) is 6.04 Å². The summed E-state index contributed by atoms with van der Waals surface area (Å²) in [5, 5.41) is 1.12. The van der Waals surface area contributed by atoms with Crippen molar-refractivity contribution in [3.05, 3.63) is 84.4 Å². The van der Waals surface area contributed by atoms with E-state index in [0.717, 1.165) is 34.4 Å². The van der Waals surface area contributed by atoms with Crippen molar-refractivity contribution in [1.82, 2.24) is 14.5 Å². The van der Waals surface area contributed by atoms with Gasteiger partial charge in [-0.1, -0.05) is 42.5 Å². The van der Waals surface area contributed by atoms with Crippen molar-refractivity contribution in [1.29, 1.82) is 0 Å². The summed E-state index contributed by atoms with van der Waals surface area (Å²) in [4.78, 5) is 8.97. The number of benzene rings is 2. The van der Waals surface area contributed by atoms with Crippen molar-refractivity contribution in [2.24, 2.45) is 12.8 Å². The molecule has 1 atom stereocenters. The zero-order valence-corrected chi connectivity index (χ0v) is 14.1. The van der Waals surface area contributed by atoms with Gasteiger partial charge < -0.3 is 10.3 Å². The SMILES string of the molecule is Cn1c(-c2ccc3ncccc3c2)cnc1[C@@H](N)Cc1ccccc1. The van der Waals surface area contributed by atoms with Gasteiger partial charge in [0.25, 0.3) is 0 Å². The molecule has 25 heavy (non-hydrogen) atoms. The highest BCUT2D eigenvalue weighted by Crippen LogP contribution is 2.26. The lowest BCUT2D eigenvalue weighted by atomic mass is 10.1. The summed E-state index contributed by atoms with van der Waals surface area (Å²) in [6.45, 7) is 0. The molecule has 0 saturated carbocycles. The van der Waals surface area contributed by atoms with Gasteiger partial charge in [-0.3, -0.25) is 4.98 Å². The zero-order valence-electron chi connectivity index (χ0n) is 14.1. The number of aromatic nitrogens is 3. The van der Waals surface area contributed by atoms with Crippen molar-refractivity contribution >= 4 is 10.9 Å². The molecule has 4 heteroatoms. The van der Waals surface area contributed by atoms with Crippen LogP contribution < -0.4 is 5.73 Å². The van der Waals surface area contributed by atoms with E-state index in [2.05, 4.69) is 44.9 Å². The van der Waals surface area contributed by atoms with Crippen LogP contribution in [0.2, 0.25) is 0 Å². The van der Waals surface area contributed by atoms with Crippen LogP contribution in [0.4, 0.5) is 0 Å². The molecule has 4 aromatic rings. The minimum absolute atomic E-state index is 0.136. The third-order valence-electron chi connectivity index (χ3n) is 4.55. The molecule has 0 aliphatic rings. The summed E-state index contributed by atoms with van der Waals surface area (Å²) < 4.78 is 2.09. The monoisotopic (exact) mass is 328 g/mol. The minimum atomic E-state index is -0.136. The molecule has 0 unspecified atom stereocenters. The fourth-order valence-electron chi connectivity index (χ4n) is 3.23. The van der Waals surface area contributed by atoms with E-state index in [1.807, 2.05) is 49.8 Å². The first-order valence-electron chi connectivity index (χ1n) is 8.38. The first-order chi connectivity index (χ1) is 12.2. The molecule has 4 nitrogen and oxygen atoms in total. The third-order valence-corrected chi connectivity index (χ3v) is 4.55. The van der Waals surface area contributed by atoms with Crippen LogP contribution in [0.5, 0.6) is 0 Å². The Labute approximate surface area is 147 Å². The van der Waals surface area contributed by atoms with Crippen molar-refractivity contribution in [3.63, 3.8) is 0 Å². The van der Waals surface area contributed by atoms with Gasteiger partial charge in [0, 0.05) is 24.2 Å². The van der Waals surface area contributed by atoms with Gasteiger partial charge in [-0.2, -0.15) is 0 Å². The average Bonchev–Trinajstić information content (AvgIpc) is 3.04. The van der Waals surface area contributed by atoms with Crippen LogP contribution in [0.1, 0.15) is 17.4 Å². The number of pyridine rings is 1. The molecule has 0 amide bonds. The molecule has 0 radical (unpaired) electrons. The molecule has 2 aromatic heterocycles. The number of hydrogen-bond acceptors (Lipinski definition) is 3. The largest absolute Gasteiger partial charge is 0.330 e. The molecule has 124 valence electrons. The number of nitrogens with two attached hydrogens (primary N) is 1. The van der Waals surface area contributed by atoms with Crippen LogP contribution >= 0.6 is 0 Å². The van der Waals surface area contributed by atoms with Crippen LogP contribution in [-0.2, 0) is 13.5 Å². The molecule has 2 N–H and O–H groups in total. The van der Waals surface area contributed by atoms with Crippen molar-refractivity contribution in [2.75, 3.05) is 0 Å². The predicted molar refractivity (Wildman–Crippen MR) is 101 cm³/mol. The van der Waals surface area contributed by atoms with Crippen molar-refractivity contribution in [3.8, 4) is 11.3 Å². The highest BCUT2D eigenvalue weighted by Gasteiger charge is 2.16. The highest BCUT2D eigenvalue weighted by atomic mass is 15.1. The van der Waals surface area contributed by atoms with Gasteiger partial charge in [-0.25, -0.2) is 4.98 Å². The molecule has 2 aromatic carbocycles. The lowest BCUT2D eigenvalue weighted by Crippen LogP contribution is -2.18. The Balaban J connectivity index is 1.65. The predicted octanol–water partition coefficient (Wildman–Crippen LogP) is 3.88. The average molecular weight is 328 g/mol. The molecular formula is C21H20N4. The molecule has 4 rings (SSSR count). The van der Waals surface area contributed by atoms with Gasteiger partial charge in [0.05, 0.1) is 23.4 Å². The van der Waals surface area contributed by atoms with E-state index in [1.54, 1.807) is 0 Å². The normalized spacial score (nSPS) is 12.4. The maximum atomic E-state index is 6.42. The number of fused-ring (bicyclic) bond motifs is 1. The Hall–Kier alpha value is -2.98. The summed E-state index contributed by atoms with van der Waals surface area (Å²) in [5.41, 5.74) is 10.8. The number of hydrogen-bond donors (Lipinski definition) is 1. The smallest absolute Gasteiger partial charge is 0.126 e. The van der Waals surface area contributed by atoms with Gasteiger partial charge in [0.2, 0.25) is 0 Å². The minimum Gasteiger partial charge on any atom is -0.330 e. The Morgan fingerprint density at radius 1 is 1.00 bits per heavy atom. The van der Waals surface area contributed by atoms with Crippen LogP contribution in [0.3, 0.4) is 0 Å². The van der Waals surface area contributed by atoms with Gasteiger partial charge in [-0.05, 0) is 30.2 Å². The molecule has 0 aliphatic heterocycles. The zero-order chi connectivity index (χ0) is 17.2. The maximum Gasteiger partial charge on any atom is 0.126 e. The molecule has 0 saturated heterocycles. The third kappa shape index (κ3) is 3.04. The van der Waals surface area contributed by atoms with Crippen LogP contribution in [0, 0.1) is 0 Å². The van der Waals surface area contributed by atoms with Crippen molar-refractivity contribution < 1.29 is 0 Å². The Kier molecular flexibility index (Phi) is 4.04. The fraction of sp³-hybridized carbons (Fsp3) is 0.143. The summed E-state index contributed by atoms with van der Waals surface area (Å²) in [6.07, 6.45) is 4.48. The molecule has 0 fully saturated rings. The lowest BCUT2D eigenvalue weighted by Gasteiger charge is -2.13. The number of imidazole rings is 1. The maximum absolute atomic E-state index is 6.42. The summed E-state index contributed by atoms with van der Waals surface area (Å²) in [7, 11) is 2.02. The van der Waals surface area contributed by atoms with Gasteiger partial charge in [0.1, 0.15) is 5.82 Å². The lowest BCUT2D eigenvalue weighted by molar-refractivity contribution is 0.634. The number of nitrogens with zero attached hydrogens (tertiary/aromatic N) is 3. The van der Waals surface area contributed by atoms with E-state index < -0.39 is 0 Å². The molecule has 0 bridgehead atoms. The van der Waals surface area contributed by atoms with Gasteiger partial charge in [0.15, 0.2) is 0 Å². The van der Waals surface area contributed by atoms with Crippen molar-refractivity contribution in [2.45, 2.75) is 12.5 Å². The summed E-state index contributed by atoms with van der Waals surface area (Å²) in [5.74, 6) is 0.894. The van der Waals surface area contributed by atoms with Crippen LogP contribution in [0.25, 0.3) is 22.2 Å². The van der Waals surface area contributed by atoms with E-state index in [4.69, 9.17) is 5.73 Å².